The summed E-state index contributed by atoms with van der Waals surface area (Å²) in [5, 5.41) is 9.53. The maximum atomic E-state index is 9.05. The number of fused-ring (bicyclic) bond motifs is 1. The fraction of sp³-hybridized carbons (Fsp3) is 0.188. The minimum Gasteiger partial charge on any atom is -0.192 e. The molecule has 3 rings (SSSR count). The Bertz CT molecular complexity index is 577. The van der Waals surface area contributed by atoms with Gasteiger partial charge in [-0.2, -0.15) is 5.26 Å². The van der Waals surface area contributed by atoms with Crippen LogP contribution in [0.4, 0.5) is 0 Å². The van der Waals surface area contributed by atoms with Crippen LogP contribution in [0.25, 0.3) is 0 Å². The van der Waals surface area contributed by atoms with Gasteiger partial charge in [-0.3, -0.25) is 0 Å². The van der Waals surface area contributed by atoms with Crippen LogP contribution in [-0.2, 0) is 6.42 Å². The third-order valence-electron chi connectivity index (χ3n) is 3.30. The fourth-order valence-electron chi connectivity index (χ4n) is 2.37. The van der Waals surface area contributed by atoms with E-state index in [4.69, 9.17) is 5.26 Å². The first-order chi connectivity index (χ1) is 8.86. The lowest BCUT2D eigenvalue weighted by molar-refractivity contribution is 0.944. The van der Waals surface area contributed by atoms with E-state index in [-0.39, 0.29) is 0 Å². The van der Waals surface area contributed by atoms with Gasteiger partial charge in [0.2, 0.25) is 0 Å². The summed E-state index contributed by atoms with van der Waals surface area (Å²) >= 11 is 1.93. The second-order valence-electron chi connectivity index (χ2n) is 4.50. The van der Waals surface area contributed by atoms with Crippen LogP contribution in [0.1, 0.15) is 12.0 Å². The zero-order valence-corrected chi connectivity index (χ0v) is 10.8. The van der Waals surface area contributed by atoms with Crippen LogP contribution in [0.15, 0.2) is 64.6 Å². The Balaban J connectivity index is 1.87. The molecule has 0 fully saturated rings. The molecule has 0 radical (unpaired) electrons. The molecule has 0 spiro atoms. The summed E-state index contributed by atoms with van der Waals surface area (Å²) in [6, 6.07) is 10.8. The van der Waals surface area contributed by atoms with Gasteiger partial charge in [0, 0.05) is 10.1 Å². The molecule has 2 heteroatoms. The van der Waals surface area contributed by atoms with Crippen molar-refractivity contribution in [3.05, 3.63) is 65.3 Å². The summed E-state index contributed by atoms with van der Waals surface area (Å²) < 4.78 is 0. The van der Waals surface area contributed by atoms with Crippen molar-refractivity contribution >= 4 is 11.8 Å². The van der Waals surface area contributed by atoms with Gasteiger partial charge in [0.05, 0.1) is 11.6 Å². The Hall–Kier alpha value is -1.72. The van der Waals surface area contributed by atoms with Gasteiger partial charge in [0.1, 0.15) is 0 Å². The van der Waals surface area contributed by atoms with Crippen molar-refractivity contribution in [1.82, 2.24) is 0 Å². The van der Waals surface area contributed by atoms with Crippen LogP contribution < -0.4 is 0 Å². The second-order valence-corrected chi connectivity index (χ2v) is 5.75. The summed E-state index contributed by atoms with van der Waals surface area (Å²) in [6.45, 7) is 0. The third kappa shape index (κ3) is 2.14. The monoisotopic (exact) mass is 251 g/mol. The van der Waals surface area contributed by atoms with E-state index < -0.39 is 0 Å². The van der Waals surface area contributed by atoms with E-state index in [0.29, 0.717) is 5.25 Å². The average Bonchev–Trinajstić information content (AvgIpc) is 2.69. The van der Waals surface area contributed by atoms with Crippen LogP contribution in [-0.4, -0.2) is 5.25 Å². The molecule has 0 aromatic heterocycles. The molecule has 1 aliphatic carbocycles. The average molecular weight is 251 g/mol. The molecule has 88 valence electrons. The molecule has 0 amide bonds. The Labute approximate surface area is 112 Å². The van der Waals surface area contributed by atoms with Gasteiger partial charge >= 0.3 is 0 Å². The first-order valence-electron chi connectivity index (χ1n) is 6.09. The largest absolute Gasteiger partial charge is 0.192 e. The highest BCUT2D eigenvalue weighted by Crippen LogP contribution is 2.41. The zero-order valence-electron chi connectivity index (χ0n) is 9.97. The van der Waals surface area contributed by atoms with E-state index >= 15 is 0 Å². The van der Waals surface area contributed by atoms with Gasteiger partial charge in [-0.1, -0.05) is 35.9 Å². The number of nitriles is 1. The van der Waals surface area contributed by atoms with Crippen molar-refractivity contribution in [2.45, 2.75) is 23.0 Å². The molecular weight excluding hydrogens is 238 g/mol. The number of nitrogens with zero attached hydrogens (tertiary/aromatic N) is 1. The Morgan fingerprint density at radius 3 is 3.00 bits per heavy atom. The van der Waals surface area contributed by atoms with Crippen molar-refractivity contribution in [3.63, 3.8) is 0 Å². The molecule has 1 aromatic rings. The van der Waals surface area contributed by atoms with Gasteiger partial charge < -0.3 is 0 Å². The maximum absolute atomic E-state index is 9.05. The minimum absolute atomic E-state index is 0.488. The third-order valence-corrected chi connectivity index (χ3v) is 4.70. The molecule has 1 unspecified atom stereocenters. The first kappa shape index (κ1) is 11.4. The number of benzene rings is 1. The Morgan fingerprint density at radius 2 is 2.17 bits per heavy atom. The molecule has 18 heavy (non-hydrogen) atoms. The highest BCUT2D eigenvalue weighted by atomic mass is 32.2. The van der Waals surface area contributed by atoms with E-state index in [0.717, 1.165) is 18.4 Å². The molecule has 1 nitrogen and oxygen atoms in total. The summed E-state index contributed by atoms with van der Waals surface area (Å²) in [6.07, 6.45) is 10.1. The summed E-state index contributed by atoms with van der Waals surface area (Å²) in [5.41, 5.74) is 3.55. The van der Waals surface area contributed by atoms with Crippen molar-refractivity contribution in [1.29, 1.82) is 5.26 Å². The highest BCUT2D eigenvalue weighted by Gasteiger charge is 2.24. The van der Waals surface area contributed by atoms with Crippen LogP contribution >= 0.6 is 11.8 Å². The first-order valence-corrected chi connectivity index (χ1v) is 6.97. The minimum atomic E-state index is 0.488. The van der Waals surface area contributed by atoms with Gasteiger partial charge in [-0.05, 0) is 36.6 Å². The Kier molecular flexibility index (Phi) is 3.08. The van der Waals surface area contributed by atoms with Crippen molar-refractivity contribution in [3.8, 4) is 6.07 Å². The molecule has 1 aliphatic heterocycles. The lowest BCUT2D eigenvalue weighted by Crippen LogP contribution is -2.05. The zero-order chi connectivity index (χ0) is 12.4. The van der Waals surface area contributed by atoms with Crippen LogP contribution in [0.3, 0.4) is 0 Å². The summed E-state index contributed by atoms with van der Waals surface area (Å²) in [5.74, 6) is 0. The number of hydrogen-bond donors (Lipinski definition) is 0. The van der Waals surface area contributed by atoms with E-state index in [9.17, 15) is 0 Å². The fourth-order valence-corrected chi connectivity index (χ4v) is 3.71. The molecule has 1 heterocycles. The SMILES string of the molecule is N#CC1=CC=CCC(C2Cc3ccccc3S2)=C1. The molecule has 0 saturated heterocycles. The van der Waals surface area contributed by atoms with E-state index in [1.165, 1.54) is 16.0 Å². The quantitative estimate of drug-likeness (QED) is 0.752. The highest BCUT2D eigenvalue weighted by molar-refractivity contribution is 8.00. The van der Waals surface area contributed by atoms with Gasteiger partial charge in [-0.15, -0.1) is 11.8 Å². The van der Waals surface area contributed by atoms with Crippen molar-refractivity contribution < 1.29 is 0 Å². The summed E-state index contributed by atoms with van der Waals surface area (Å²) in [4.78, 5) is 1.39. The van der Waals surface area contributed by atoms with E-state index in [1.807, 2.05) is 23.9 Å². The predicted octanol–water partition coefficient (Wildman–Crippen LogP) is 4.04. The molecule has 1 aromatic carbocycles. The number of thioether (sulfide) groups is 1. The number of hydrogen-bond acceptors (Lipinski definition) is 2. The molecular formula is C16H13NS. The van der Waals surface area contributed by atoms with Crippen LogP contribution in [0.5, 0.6) is 0 Å². The van der Waals surface area contributed by atoms with E-state index in [1.54, 1.807) is 0 Å². The van der Waals surface area contributed by atoms with Crippen LogP contribution in [0.2, 0.25) is 0 Å². The molecule has 0 N–H and O–H groups in total. The molecule has 2 aliphatic rings. The molecule has 0 bridgehead atoms. The van der Waals surface area contributed by atoms with Crippen molar-refractivity contribution in [2.24, 2.45) is 0 Å². The number of rotatable bonds is 1. The van der Waals surface area contributed by atoms with E-state index in [2.05, 4.69) is 42.5 Å². The topological polar surface area (TPSA) is 23.8 Å². The Morgan fingerprint density at radius 1 is 1.28 bits per heavy atom. The molecule has 0 saturated carbocycles. The maximum Gasteiger partial charge on any atom is 0.0991 e. The van der Waals surface area contributed by atoms with Gasteiger partial charge in [0.15, 0.2) is 0 Å². The van der Waals surface area contributed by atoms with Crippen molar-refractivity contribution in [2.75, 3.05) is 0 Å². The summed E-state index contributed by atoms with van der Waals surface area (Å²) in [7, 11) is 0. The lowest BCUT2D eigenvalue weighted by Gasteiger charge is -2.11. The van der Waals surface area contributed by atoms with Gasteiger partial charge in [0.25, 0.3) is 0 Å². The smallest absolute Gasteiger partial charge is 0.0991 e. The predicted molar refractivity (Wildman–Crippen MR) is 75.3 cm³/mol. The van der Waals surface area contributed by atoms with Crippen LogP contribution in [0, 0.1) is 11.3 Å². The number of allylic oxidation sites excluding steroid dienone is 5. The lowest BCUT2D eigenvalue weighted by atomic mass is 10.0. The second kappa shape index (κ2) is 4.88. The normalized spacial score (nSPS) is 21.6. The standard InChI is InChI=1S/C16H13NS/c17-11-12-5-1-2-6-13(9-12)16-10-14-7-3-4-8-15(14)18-16/h1-5,7-9,16H,6,10H2. The van der Waals surface area contributed by atoms with Gasteiger partial charge in [-0.25, -0.2) is 0 Å². The molecule has 1 atom stereocenters.